The summed E-state index contributed by atoms with van der Waals surface area (Å²) < 4.78 is 0. The van der Waals surface area contributed by atoms with Crippen molar-refractivity contribution in [2.45, 2.75) is 38.1 Å². The van der Waals surface area contributed by atoms with Gasteiger partial charge in [0, 0.05) is 12.6 Å². The number of benzene rings is 2. The predicted octanol–water partition coefficient (Wildman–Crippen LogP) is 5.72. The van der Waals surface area contributed by atoms with Gasteiger partial charge in [-0.3, -0.25) is 9.89 Å². The van der Waals surface area contributed by atoms with E-state index >= 15 is 0 Å². The molecule has 3 heteroatoms. The van der Waals surface area contributed by atoms with Crippen LogP contribution in [0.15, 0.2) is 71.7 Å². The molecule has 152 valence electrons. The van der Waals surface area contributed by atoms with Crippen molar-refractivity contribution >= 4 is 18.1 Å². The number of allylic oxidation sites excluding steroid dienone is 1. The smallest absolute Gasteiger partial charge is 0.0853 e. The molecule has 2 aromatic rings. The first-order valence-electron chi connectivity index (χ1n) is 11.1. The summed E-state index contributed by atoms with van der Waals surface area (Å²) in [6.07, 6.45) is 11.3. The fourth-order valence-electron chi connectivity index (χ4n) is 4.76. The quantitative estimate of drug-likeness (QED) is 0.486. The van der Waals surface area contributed by atoms with Crippen molar-refractivity contribution in [3.8, 4) is 0 Å². The molecular formula is C26H33N3. The lowest BCUT2D eigenvalue weighted by molar-refractivity contribution is 0.146. The molecule has 3 nitrogen and oxygen atoms in total. The van der Waals surface area contributed by atoms with Gasteiger partial charge in [-0.15, -0.1) is 0 Å². The first kappa shape index (κ1) is 19.9. The molecular weight excluding hydrogens is 354 g/mol. The summed E-state index contributed by atoms with van der Waals surface area (Å²) in [4.78, 5) is 6.81. The third-order valence-electron chi connectivity index (χ3n) is 6.55. The van der Waals surface area contributed by atoms with Crippen molar-refractivity contribution in [2.24, 2.45) is 16.8 Å². The number of rotatable bonds is 7. The second kappa shape index (κ2) is 9.89. The minimum absolute atomic E-state index is 0.640. The largest absolute Gasteiger partial charge is 0.383 e. The van der Waals surface area contributed by atoms with Gasteiger partial charge in [-0.05, 0) is 81.4 Å². The second-order valence-electron chi connectivity index (χ2n) is 8.51. The Morgan fingerprint density at radius 2 is 1.66 bits per heavy atom. The molecule has 2 unspecified atom stereocenters. The van der Waals surface area contributed by atoms with Gasteiger partial charge in [0.15, 0.2) is 0 Å². The summed E-state index contributed by atoms with van der Waals surface area (Å²) in [5, 5.41) is 3.59. The molecule has 29 heavy (non-hydrogen) atoms. The van der Waals surface area contributed by atoms with Crippen LogP contribution in [-0.2, 0) is 6.42 Å². The molecule has 0 bridgehead atoms. The SMILES string of the molecule is C=Nc1ccccc1NCC1CCN(C2C=CC(Cc3ccccc3)CC2)CC1. The molecule has 0 aromatic heterocycles. The normalized spacial score (nSPS) is 23.0. The third kappa shape index (κ3) is 5.36. The fourth-order valence-corrected chi connectivity index (χ4v) is 4.76. The molecule has 0 saturated carbocycles. The molecule has 2 atom stereocenters. The van der Waals surface area contributed by atoms with Gasteiger partial charge in [0.25, 0.3) is 0 Å². The molecule has 1 aliphatic heterocycles. The van der Waals surface area contributed by atoms with Crippen LogP contribution in [0.2, 0.25) is 0 Å². The van der Waals surface area contributed by atoms with Crippen LogP contribution >= 0.6 is 0 Å². The van der Waals surface area contributed by atoms with Gasteiger partial charge < -0.3 is 5.32 Å². The lowest BCUT2D eigenvalue weighted by Crippen LogP contribution is -2.42. The predicted molar refractivity (Wildman–Crippen MR) is 124 cm³/mol. The van der Waals surface area contributed by atoms with Crippen molar-refractivity contribution < 1.29 is 0 Å². The molecule has 1 aliphatic carbocycles. The molecule has 2 aromatic carbocycles. The first-order valence-corrected chi connectivity index (χ1v) is 11.1. The van der Waals surface area contributed by atoms with Crippen LogP contribution in [0.25, 0.3) is 0 Å². The van der Waals surface area contributed by atoms with Crippen molar-refractivity contribution in [3.05, 3.63) is 72.3 Å². The van der Waals surface area contributed by atoms with E-state index in [-0.39, 0.29) is 0 Å². The molecule has 4 rings (SSSR count). The molecule has 0 radical (unpaired) electrons. The van der Waals surface area contributed by atoms with Gasteiger partial charge in [-0.25, -0.2) is 0 Å². The summed E-state index contributed by atoms with van der Waals surface area (Å²) in [5.41, 5.74) is 3.51. The highest BCUT2D eigenvalue weighted by Gasteiger charge is 2.26. The Balaban J connectivity index is 1.22. The first-order chi connectivity index (χ1) is 14.3. The summed E-state index contributed by atoms with van der Waals surface area (Å²) in [7, 11) is 0. The summed E-state index contributed by atoms with van der Waals surface area (Å²) in [6, 6.07) is 19.7. The molecule has 1 fully saturated rings. The number of likely N-dealkylation sites (tertiary alicyclic amines) is 1. The molecule has 0 amide bonds. The number of hydrogen-bond donors (Lipinski definition) is 1. The van der Waals surface area contributed by atoms with Crippen molar-refractivity contribution in [3.63, 3.8) is 0 Å². The van der Waals surface area contributed by atoms with Gasteiger partial charge in [-0.1, -0.05) is 54.6 Å². The van der Waals surface area contributed by atoms with Crippen LogP contribution in [0.1, 0.15) is 31.2 Å². The minimum Gasteiger partial charge on any atom is -0.383 e. The van der Waals surface area contributed by atoms with Gasteiger partial charge in [0.1, 0.15) is 0 Å². The summed E-state index contributed by atoms with van der Waals surface area (Å²) in [6.45, 7) is 7.13. The van der Waals surface area contributed by atoms with Gasteiger partial charge in [0.2, 0.25) is 0 Å². The Hall–Kier alpha value is -2.39. The van der Waals surface area contributed by atoms with Crippen molar-refractivity contribution in [2.75, 3.05) is 25.0 Å². The van der Waals surface area contributed by atoms with E-state index in [1.807, 2.05) is 12.1 Å². The van der Waals surface area contributed by atoms with Crippen LogP contribution in [0.4, 0.5) is 11.4 Å². The lowest BCUT2D eigenvalue weighted by atomic mass is 9.86. The highest BCUT2D eigenvalue weighted by molar-refractivity contribution is 5.67. The Kier molecular flexibility index (Phi) is 6.79. The molecule has 1 heterocycles. The third-order valence-corrected chi connectivity index (χ3v) is 6.55. The van der Waals surface area contributed by atoms with E-state index in [0.29, 0.717) is 12.0 Å². The number of para-hydroxylation sites is 2. The zero-order chi connectivity index (χ0) is 19.9. The standard InChI is InChI=1S/C26H33N3/c1-27-25-9-5-6-10-26(25)28-20-23-15-17-29(18-16-23)24-13-11-22(12-14-24)19-21-7-3-2-4-8-21/h2-11,13,22-24,28H,1,12,14-20H2. The second-order valence-corrected chi connectivity index (χ2v) is 8.51. The van der Waals surface area contributed by atoms with Crippen LogP contribution in [0.3, 0.4) is 0 Å². The maximum absolute atomic E-state index is 4.11. The Morgan fingerprint density at radius 3 is 2.38 bits per heavy atom. The van der Waals surface area contributed by atoms with Gasteiger partial charge >= 0.3 is 0 Å². The number of aliphatic imine (C=N–C) groups is 1. The summed E-state index contributed by atoms with van der Waals surface area (Å²) in [5.74, 6) is 1.44. The van der Waals surface area contributed by atoms with Crippen LogP contribution in [0.5, 0.6) is 0 Å². The minimum atomic E-state index is 0.640. The topological polar surface area (TPSA) is 27.6 Å². The highest BCUT2D eigenvalue weighted by atomic mass is 15.2. The zero-order valence-electron chi connectivity index (χ0n) is 17.3. The van der Waals surface area contributed by atoms with Crippen LogP contribution < -0.4 is 5.32 Å². The average Bonchev–Trinajstić information content (AvgIpc) is 2.79. The zero-order valence-corrected chi connectivity index (χ0v) is 17.3. The number of piperidine rings is 1. The average molecular weight is 388 g/mol. The number of hydrogen-bond acceptors (Lipinski definition) is 3. The van der Waals surface area contributed by atoms with E-state index in [2.05, 4.69) is 76.5 Å². The van der Waals surface area contributed by atoms with Crippen molar-refractivity contribution in [1.82, 2.24) is 4.90 Å². The summed E-state index contributed by atoms with van der Waals surface area (Å²) >= 11 is 0. The van der Waals surface area contributed by atoms with Crippen LogP contribution in [0, 0.1) is 11.8 Å². The highest BCUT2D eigenvalue weighted by Crippen LogP contribution is 2.29. The van der Waals surface area contributed by atoms with Gasteiger partial charge in [-0.2, -0.15) is 0 Å². The Bertz CT molecular complexity index is 806. The number of anilines is 1. The van der Waals surface area contributed by atoms with E-state index in [1.165, 1.54) is 50.8 Å². The molecule has 2 aliphatic rings. The van der Waals surface area contributed by atoms with Crippen LogP contribution in [-0.4, -0.2) is 37.3 Å². The van der Waals surface area contributed by atoms with E-state index in [0.717, 1.165) is 23.8 Å². The Morgan fingerprint density at radius 1 is 0.897 bits per heavy atom. The van der Waals surface area contributed by atoms with Crippen molar-refractivity contribution in [1.29, 1.82) is 0 Å². The van der Waals surface area contributed by atoms with Gasteiger partial charge in [0.05, 0.1) is 11.4 Å². The lowest BCUT2D eigenvalue weighted by Gasteiger charge is -2.38. The number of nitrogens with one attached hydrogen (secondary N) is 1. The van der Waals surface area contributed by atoms with E-state index in [9.17, 15) is 0 Å². The maximum atomic E-state index is 4.11. The van der Waals surface area contributed by atoms with E-state index < -0.39 is 0 Å². The monoisotopic (exact) mass is 387 g/mol. The fraction of sp³-hybridized carbons (Fsp3) is 0.423. The Labute approximate surface area is 175 Å². The number of nitrogens with zero attached hydrogens (tertiary/aromatic N) is 2. The molecule has 1 N–H and O–H groups in total. The van der Waals surface area contributed by atoms with E-state index in [1.54, 1.807) is 0 Å². The molecule has 1 saturated heterocycles. The van der Waals surface area contributed by atoms with E-state index in [4.69, 9.17) is 0 Å². The maximum Gasteiger partial charge on any atom is 0.0853 e. The molecule has 0 spiro atoms.